The largest absolute Gasteiger partial charge is 0.465 e. The molecule has 1 atom stereocenters. The summed E-state index contributed by atoms with van der Waals surface area (Å²) in [6.45, 7) is 0.375. The Labute approximate surface area is 155 Å². The molecule has 0 bridgehead atoms. The van der Waals surface area contributed by atoms with Crippen LogP contribution < -0.4 is 10.2 Å². The molecule has 2 aromatic rings. The van der Waals surface area contributed by atoms with Crippen molar-refractivity contribution >= 4 is 23.5 Å². The number of carbonyl (C=O) groups excluding carboxylic acids is 3. The van der Waals surface area contributed by atoms with E-state index in [1.54, 1.807) is 18.2 Å². The molecule has 2 aromatic carbocycles. The Bertz CT molecular complexity index is 867. The molecule has 1 heterocycles. The number of rotatable bonds is 6. The molecule has 0 aromatic heterocycles. The van der Waals surface area contributed by atoms with Crippen LogP contribution in [0.5, 0.6) is 0 Å². The van der Waals surface area contributed by atoms with Gasteiger partial charge < -0.3 is 10.1 Å². The Morgan fingerprint density at radius 3 is 2.56 bits per heavy atom. The fraction of sp³-hybridized carbons (Fsp3) is 0.250. The number of amides is 2. The third kappa shape index (κ3) is 4.03. The quantitative estimate of drug-likeness (QED) is 0.622. The van der Waals surface area contributed by atoms with Gasteiger partial charge in [-0.2, -0.15) is 0 Å². The minimum Gasteiger partial charge on any atom is -0.465 e. The van der Waals surface area contributed by atoms with E-state index in [9.17, 15) is 18.8 Å². The Kier molecular flexibility index (Phi) is 5.61. The van der Waals surface area contributed by atoms with E-state index < -0.39 is 12.0 Å². The number of imide groups is 1. The molecule has 1 saturated heterocycles. The number of benzene rings is 2. The van der Waals surface area contributed by atoms with Gasteiger partial charge in [-0.25, -0.2) is 14.1 Å². The van der Waals surface area contributed by atoms with Crippen LogP contribution in [0.15, 0.2) is 48.5 Å². The van der Waals surface area contributed by atoms with Crippen LogP contribution in [0.3, 0.4) is 0 Å². The van der Waals surface area contributed by atoms with Crippen molar-refractivity contribution in [1.29, 1.82) is 0 Å². The van der Waals surface area contributed by atoms with Crippen LogP contribution in [0.4, 0.5) is 10.1 Å². The smallest absolute Gasteiger partial charge is 0.337 e. The number of hydrogen-bond donors (Lipinski definition) is 1. The molecule has 6 nitrogen and oxygen atoms in total. The Morgan fingerprint density at radius 2 is 1.89 bits per heavy atom. The molecule has 3 rings (SSSR count). The minimum absolute atomic E-state index is 0.0366. The zero-order valence-electron chi connectivity index (χ0n) is 14.8. The predicted octanol–water partition coefficient (Wildman–Crippen LogP) is 2.08. The summed E-state index contributed by atoms with van der Waals surface area (Å²) < 4.78 is 18.3. The van der Waals surface area contributed by atoms with Crippen molar-refractivity contribution in [2.45, 2.75) is 18.9 Å². The lowest BCUT2D eigenvalue weighted by Crippen LogP contribution is -2.39. The maximum Gasteiger partial charge on any atom is 0.337 e. The van der Waals surface area contributed by atoms with E-state index in [2.05, 4.69) is 10.1 Å². The number of carbonyl (C=O) groups is 3. The lowest BCUT2D eigenvalue weighted by molar-refractivity contribution is -0.121. The monoisotopic (exact) mass is 370 g/mol. The molecule has 0 unspecified atom stereocenters. The molecule has 27 heavy (non-hydrogen) atoms. The van der Waals surface area contributed by atoms with Gasteiger partial charge >= 0.3 is 5.97 Å². The summed E-state index contributed by atoms with van der Waals surface area (Å²) in [5.74, 6) is -1.47. The molecule has 2 amide bonds. The zero-order chi connectivity index (χ0) is 19.4. The predicted molar refractivity (Wildman–Crippen MR) is 96.8 cm³/mol. The number of anilines is 1. The summed E-state index contributed by atoms with van der Waals surface area (Å²) in [5.41, 5.74) is 1.29. The Morgan fingerprint density at radius 1 is 1.19 bits per heavy atom. The third-order valence-corrected chi connectivity index (χ3v) is 4.44. The molecule has 0 saturated carbocycles. The van der Waals surface area contributed by atoms with Gasteiger partial charge in [-0.1, -0.05) is 18.2 Å². The highest BCUT2D eigenvalue weighted by atomic mass is 19.1. The van der Waals surface area contributed by atoms with Crippen molar-refractivity contribution in [3.8, 4) is 0 Å². The van der Waals surface area contributed by atoms with Crippen molar-refractivity contribution in [1.82, 2.24) is 5.32 Å². The molecule has 1 aliphatic heterocycles. The maximum atomic E-state index is 13.6. The second-order valence-electron chi connectivity index (χ2n) is 6.16. The number of nitrogens with zero attached hydrogens (tertiary/aromatic N) is 1. The van der Waals surface area contributed by atoms with Gasteiger partial charge in [-0.15, -0.1) is 0 Å². The minimum atomic E-state index is -0.649. The van der Waals surface area contributed by atoms with Crippen LogP contribution in [-0.4, -0.2) is 37.5 Å². The van der Waals surface area contributed by atoms with E-state index in [4.69, 9.17) is 0 Å². The standard InChI is InChI=1S/C20H19FN2O4/c1-27-20(26)14-6-8-15(9-7-14)23-18(24)12-17(19(23)25)22-11-10-13-4-2-3-5-16(13)21/h2-9,17,22H,10-12H2,1H3/t17-/m1/s1. The van der Waals surface area contributed by atoms with E-state index in [-0.39, 0.29) is 24.1 Å². The molecule has 1 fully saturated rings. The molecular formula is C20H19FN2O4. The van der Waals surface area contributed by atoms with Gasteiger partial charge in [0.15, 0.2) is 0 Å². The van der Waals surface area contributed by atoms with Gasteiger partial charge in [0.25, 0.3) is 5.91 Å². The normalized spacial score (nSPS) is 16.7. The average Bonchev–Trinajstić information content (AvgIpc) is 2.96. The molecule has 7 heteroatoms. The highest BCUT2D eigenvalue weighted by molar-refractivity contribution is 6.22. The van der Waals surface area contributed by atoms with E-state index in [0.29, 0.717) is 29.8 Å². The van der Waals surface area contributed by atoms with Crippen LogP contribution in [-0.2, 0) is 20.7 Å². The summed E-state index contributed by atoms with van der Waals surface area (Å²) >= 11 is 0. The maximum absolute atomic E-state index is 13.6. The Hall–Kier alpha value is -3.06. The first-order chi connectivity index (χ1) is 13.0. The number of halogens is 1. The molecular weight excluding hydrogens is 351 g/mol. The molecule has 140 valence electrons. The van der Waals surface area contributed by atoms with E-state index in [1.807, 2.05) is 0 Å². The van der Waals surface area contributed by atoms with Gasteiger partial charge in [0, 0.05) is 6.54 Å². The second kappa shape index (κ2) is 8.09. The number of ether oxygens (including phenoxy) is 1. The molecule has 0 aliphatic carbocycles. The highest BCUT2D eigenvalue weighted by Gasteiger charge is 2.39. The summed E-state index contributed by atoms with van der Waals surface area (Å²) in [6, 6.07) is 11.9. The van der Waals surface area contributed by atoms with E-state index in [1.165, 1.54) is 37.4 Å². The summed E-state index contributed by atoms with van der Waals surface area (Å²) in [4.78, 5) is 37.4. The first-order valence-electron chi connectivity index (χ1n) is 8.53. The first-order valence-corrected chi connectivity index (χ1v) is 8.53. The third-order valence-electron chi connectivity index (χ3n) is 4.44. The van der Waals surface area contributed by atoms with Crippen LogP contribution in [0.2, 0.25) is 0 Å². The topological polar surface area (TPSA) is 75.7 Å². The number of hydrogen-bond acceptors (Lipinski definition) is 5. The Balaban J connectivity index is 1.63. The van der Waals surface area contributed by atoms with Crippen LogP contribution >= 0.6 is 0 Å². The van der Waals surface area contributed by atoms with E-state index >= 15 is 0 Å². The lowest BCUT2D eigenvalue weighted by Gasteiger charge is -2.16. The number of nitrogens with one attached hydrogen (secondary N) is 1. The van der Waals surface area contributed by atoms with Crippen molar-refractivity contribution in [2.75, 3.05) is 18.6 Å². The molecule has 1 N–H and O–H groups in total. The molecule has 0 radical (unpaired) electrons. The van der Waals surface area contributed by atoms with Crippen LogP contribution in [0, 0.1) is 5.82 Å². The fourth-order valence-corrected chi connectivity index (χ4v) is 3.01. The first kappa shape index (κ1) is 18.7. The average molecular weight is 370 g/mol. The van der Waals surface area contributed by atoms with Crippen molar-refractivity contribution in [3.05, 3.63) is 65.5 Å². The zero-order valence-corrected chi connectivity index (χ0v) is 14.8. The fourth-order valence-electron chi connectivity index (χ4n) is 3.01. The summed E-state index contributed by atoms with van der Waals surface area (Å²) in [5, 5.41) is 3.02. The lowest BCUT2D eigenvalue weighted by atomic mass is 10.1. The van der Waals surface area contributed by atoms with Gasteiger partial charge in [0.05, 0.1) is 30.8 Å². The van der Waals surface area contributed by atoms with Gasteiger partial charge in [-0.05, 0) is 42.3 Å². The van der Waals surface area contributed by atoms with Gasteiger partial charge in [0.1, 0.15) is 5.82 Å². The molecule has 0 spiro atoms. The van der Waals surface area contributed by atoms with Crippen molar-refractivity contribution < 1.29 is 23.5 Å². The van der Waals surface area contributed by atoms with Gasteiger partial charge in [-0.3, -0.25) is 9.59 Å². The number of methoxy groups -OCH3 is 1. The van der Waals surface area contributed by atoms with Crippen LogP contribution in [0.25, 0.3) is 0 Å². The van der Waals surface area contributed by atoms with Gasteiger partial charge in [0.2, 0.25) is 5.91 Å². The highest BCUT2D eigenvalue weighted by Crippen LogP contribution is 2.23. The number of esters is 1. The molecule has 1 aliphatic rings. The van der Waals surface area contributed by atoms with E-state index in [0.717, 1.165) is 4.90 Å². The summed E-state index contributed by atoms with van der Waals surface area (Å²) in [7, 11) is 1.28. The summed E-state index contributed by atoms with van der Waals surface area (Å²) in [6.07, 6.45) is 0.452. The van der Waals surface area contributed by atoms with Crippen LogP contribution in [0.1, 0.15) is 22.3 Å². The SMILES string of the molecule is COC(=O)c1ccc(N2C(=O)C[C@@H](NCCc3ccccc3F)C2=O)cc1. The second-order valence-corrected chi connectivity index (χ2v) is 6.16. The van der Waals surface area contributed by atoms with Crippen molar-refractivity contribution in [2.24, 2.45) is 0 Å². The van der Waals surface area contributed by atoms with Crippen molar-refractivity contribution in [3.63, 3.8) is 0 Å².